The maximum Gasteiger partial charge on any atom is 1.00 e. The number of alkyl halides is 3. The van der Waals surface area contributed by atoms with Crippen LogP contribution >= 0.6 is 9.69 Å². The number of hydrogen-bond donors (Lipinski definition) is 0. The molecular formula is C13H12Cl2F3LiN6O2SZn. The van der Waals surface area contributed by atoms with Crippen molar-refractivity contribution in [3.8, 4) is 11.5 Å². The number of aromatic nitrogens is 6. The number of nitrogens with zero attached hydrogens (tertiary/aromatic N) is 6. The topological polar surface area (TPSA) is 95.6 Å². The maximum atomic E-state index is 12.8. The molecule has 3 heterocycles. The number of imidazole rings is 2. The van der Waals surface area contributed by atoms with Crippen LogP contribution in [0, 0.1) is 6.33 Å². The largest absolute Gasteiger partial charge is 1.00 e. The van der Waals surface area contributed by atoms with Crippen LogP contribution in [0.1, 0.15) is 12.6 Å². The summed E-state index contributed by atoms with van der Waals surface area (Å²) in [5.74, 6) is -0.109. The summed E-state index contributed by atoms with van der Waals surface area (Å²) < 4.78 is 65.5. The van der Waals surface area contributed by atoms with E-state index in [1.807, 2.05) is 0 Å². The molecule has 16 heteroatoms. The van der Waals surface area contributed by atoms with Crippen molar-refractivity contribution < 1.29 is 70.2 Å². The average Bonchev–Trinajstić information content (AvgIpc) is 3.16. The summed E-state index contributed by atoms with van der Waals surface area (Å²) in [6.07, 6.45) is -2.16. The molecule has 0 saturated carbocycles. The van der Waals surface area contributed by atoms with E-state index >= 15 is 0 Å². The van der Waals surface area contributed by atoms with E-state index in [9.17, 15) is 21.6 Å². The van der Waals surface area contributed by atoms with Crippen molar-refractivity contribution in [1.82, 2.24) is 29.3 Å². The predicted octanol–water partition coefficient (Wildman–Crippen LogP) is -3.93. The number of aryl methyl sites for hydroxylation is 2. The van der Waals surface area contributed by atoms with Crippen molar-refractivity contribution in [3.63, 3.8) is 0 Å². The summed E-state index contributed by atoms with van der Waals surface area (Å²) >= 11 is 0.847. The minimum absolute atomic E-state index is 0. The fourth-order valence-corrected chi connectivity index (χ4v) is 3.51. The van der Waals surface area contributed by atoms with Gasteiger partial charge in [0.25, 0.3) is 0 Å². The summed E-state index contributed by atoms with van der Waals surface area (Å²) in [4.78, 5) is 8.01. The first-order valence-corrected chi connectivity index (χ1v) is 12.8. The molecule has 0 atom stereocenters. The molecule has 3 aromatic rings. The third kappa shape index (κ3) is 5.51. The van der Waals surface area contributed by atoms with Gasteiger partial charge in [-0.2, -0.15) is 13.2 Å². The van der Waals surface area contributed by atoms with Crippen LogP contribution in [0.25, 0.3) is 22.7 Å². The van der Waals surface area contributed by atoms with Crippen LogP contribution in [0.3, 0.4) is 0 Å². The normalized spacial score (nSPS) is 11.3. The van der Waals surface area contributed by atoms with E-state index in [2.05, 4.69) is 26.5 Å². The van der Waals surface area contributed by atoms with Gasteiger partial charge in [0.1, 0.15) is 15.4 Å². The molecule has 0 spiro atoms. The summed E-state index contributed by atoms with van der Waals surface area (Å²) in [5, 5.41) is 6.59. The second-order valence-corrected chi connectivity index (χ2v) is 7.45. The second-order valence-electron chi connectivity index (χ2n) is 5.26. The fraction of sp³-hybridized carbons (Fsp3) is 0.385. The number of fused-ring (bicyclic) bond motifs is 1. The Morgan fingerprint density at radius 1 is 1.24 bits per heavy atom. The quantitative estimate of drug-likeness (QED) is 0.261. The predicted molar refractivity (Wildman–Crippen MR) is 85.9 cm³/mol. The van der Waals surface area contributed by atoms with Gasteiger partial charge >= 0.3 is 52.0 Å². The Bertz CT molecular complexity index is 1090. The SMILES string of the molecule is CCS(=O)(=O)c1c(-c2nc3cc(C(F)(F)F)nnc3n2C)n[c-]n1C.[Cl-].[Cl][Zn+].[Li+]. The summed E-state index contributed by atoms with van der Waals surface area (Å²) in [5.41, 5.74) is -1.17. The van der Waals surface area contributed by atoms with Crippen molar-refractivity contribution in [1.29, 1.82) is 0 Å². The van der Waals surface area contributed by atoms with Crippen molar-refractivity contribution in [2.75, 3.05) is 5.75 Å². The van der Waals surface area contributed by atoms with Gasteiger partial charge in [0.2, 0.25) is 0 Å². The fourth-order valence-electron chi connectivity index (χ4n) is 2.35. The van der Waals surface area contributed by atoms with Crippen LogP contribution in [0.15, 0.2) is 11.1 Å². The third-order valence-corrected chi connectivity index (χ3v) is 5.43. The Labute approximate surface area is 196 Å². The molecule has 0 saturated heterocycles. The van der Waals surface area contributed by atoms with Gasteiger partial charge in [0.15, 0.2) is 11.3 Å². The first kappa shape index (κ1) is 28.3. The molecule has 0 aliphatic rings. The van der Waals surface area contributed by atoms with E-state index in [0.717, 1.165) is 23.4 Å². The van der Waals surface area contributed by atoms with E-state index in [4.69, 9.17) is 9.69 Å². The molecule has 0 aliphatic carbocycles. The Balaban J connectivity index is 0.00000190. The van der Waals surface area contributed by atoms with Gasteiger partial charge < -0.3 is 26.5 Å². The molecule has 0 unspecified atom stereocenters. The molecule has 0 fully saturated rings. The van der Waals surface area contributed by atoms with Crippen molar-refractivity contribution in [2.45, 2.75) is 18.1 Å². The minimum Gasteiger partial charge on any atom is 1.00 e. The van der Waals surface area contributed by atoms with Gasteiger partial charge in [-0.15, -0.1) is 10.2 Å². The molecule has 3 aromatic heterocycles. The first-order chi connectivity index (χ1) is 12.6. The van der Waals surface area contributed by atoms with Crippen LogP contribution in [-0.2, 0) is 47.4 Å². The van der Waals surface area contributed by atoms with E-state index in [-0.39, 0.29) is 64.7 Å². The molecule has 0 radical (unpaired) electrons. The maximum absolute atomic E-state index is 12.8. The third-order valence-electron chi connectivity index (χ3n) is 3.61. The molecule has 0 N–H and O–H groups in total. The smallest absolute Gasteiger partial charge is 1.00 e. The van der Waals surface area contributed by atoms with Crippen LogP contribution in [0.5, 0.6) is 0 Å². The second kappa shape index (κ2) is 10.6. The Kier molecular flexibility index (Phi) is 10.3. The molecule has 0 bridgehead atoms. The van der Waals surface area contributed by atoms with Crippen LogP contribution in [0.4, 0.5) is 13.2 Å². The number of halogens is 5. The van der Waals surface area contributed by atoms with Gasteiger partial charge in [-0.05, 0) is 12.7 Å². The summed E-state index contributed by atoms with van der Waals surface area (Å²) in [6, 6.07) is 0.756. The van der Waals surface area contributed by atoms with Crippen LogP contribution in [-0.4, -0.2) is 43.5 Å². The molecule has 0 aromatic carbocycles. The van der Waals surface area contributed by atoms with Crippen molar-refractivity contribution >= 4 is 30.7 Å². The summed E-state index contributed by atoms with van der Waals surface area (Å²) in [7, 11) is 4.07. The number of sulfone groups is 1. The van der Waals surface area contributed by atoms with Gasteiger partial charge in [-0.3, -0.25) is 0 Å². The van der Waals surface area contributed by atoms with Crippen molar-refractivity contribution in [2.24, 2.45) is 14.1 Å². The molecule has 29 heavy (non-hydrogen) atoms. The Hall–Kier alpha value is -0.699. The van der Waals surface area contributed by atoms with Gasteiger partial charge in [0.05, 0.1) is 5.82 Å². The van der Waals surface area contributed by atoms with E-state index < -0.39 is 21.7 Å². The number of hydrogen-bond acceptors (Lipinski definition) is 6. The Morgan fingerprint density at radius 3 is 2.34 bits per heavy atom. The minimum atomic E-state index is -4.66. The zero-order chi connectivity index (χ0) is 20.6. The van der Waals surface area contributed by atoms with E-state index in [0.29, 0.717) is 0 Å². The van der Waals surface area contributed by atoms with Gasteiger partial charge in [-0.25, -0.2) is 13.4 Å². The number of rotatable bonds is 3. The first-order valence-electron chi connectivity index (χ1n) is 7.28. The standard InChI is InChI=1S/C13H12F3N6O2S.2ClH.Li.Zn/c1-4-25(23,24)12-9(17-6-21(12)2)11-18-7-5-8(13(14,15)16)19-20-10(7)22(11)3;;;;/h5H,4H2,1-3H3;2*1H;;/q-1;;;+1;+2/p-2. The molecular weight excluding hydrogens is 504 g/mol. The summed E-state index contributed by atoms with van der Waals surface area (Å²) in [6.45, 7) is 1.47. The molecule has 0 aliphatic heterocycles. The van der Waals surface area contributed by atoms with E-state index in [1.54, 1.807) is 0 Å². The van der Waals surface area contributed by atoms with Crippen LogP contribution < -0.4 is 31.3 Å². The van der Waals surface area contributed by atoms with Crippen molar-refractivity contribution in [3.05, 3.63) is 18.1 Å². The van der Waals surface area contributed by atoms with Crippen LogP contribution in [0.2, 0.25) is 0 Å². The van der Waals surface area contributed by atoms with Gasteiger partial charge in [-0.1, -0.05) is 6.92 Å². The monoisotopic (exact) mass is 514 g/mol. The van der Waals surface area contributed by atoms with E-state index in [1.165, 1.54) is 30.2 Å². The zero-order valence-corrected chi connectivity index (χ0v) is 21.1. The zero-order valence-electron chi connectivity index (χ0n) is 15.8. The molecule has 8 nitrogen and oxygen atoms in total. The van der Waals surface area contributed by atoms with Gasteiger partial charge in [0, 0.05) is 30.2 Å². The Morgan fingerprint density at radius 2 is 1.83 bits per heavy atom. The average molecular weight is 517 g/mol. The molecule has 3 rings (SSSR count). The molecule has 0 amide bonds. The molecule has 150 valence electrons.